The van der Waals surface area contributed by atoms with E-state index in [2.05, 4.69) is 0 Å². The summed E-state index contributed by atoms with van der Waals surface area (Å²) in [5.74, 6) is -0.461. The van der Waals surface area contributed by atoms with Crippen molar-refractivity contribution >= 4 is 62.3 Å². The number of amides is 1. The van der Waals surface area contributed by atoms with Crippen LogP contribution in [-0.2, 0) is 30.8 Å². The Kier molecular flexibility index (Phi) is 9.96. The molecule has 2 unspecified atom stereocenters. The summed E-state index contributed by atoms with van der Waals surface area (Å²) in [6, 6.07) is 21.2. The van der Waals surface area contributed by atoms with Gasteiger partial charge in [0, 0.05) is 32.6 Å². The molecule has 1 saturated carbocycles. The van der Waals surface area contributed by atoms with Gasteiger partial charge in [-0.25, -0.2) is 13.5 Å². The maximum Gasteiger partial charge on any atom is 0.254 e. The Hall–Kier alpha value is -2.95. The van der Waals surface area contributed by atoms with E-state index >= 15 is 0 Å². The highest BCUT2D eigenvalue weighted by Gasteiger charge is 2.44. The summed E-state index contributed by atoms with van der Waals surface area (Å²) in [5.41, 5.74) is 0.845. The molecule has 2 aliphatic carbocycles. The second-order valence-corrected chi connectivity index (χ2v) is 16.0. The molecule has 1 amide bonds. The summed E-state index contributed by atoms with van der Waals surface area (Å²) in [6.07, 6.45) is 3.55. The van der Waals surface area contributed by atoms with Gasteiger partial charge in [-0.1, -0.05) is 71.4 Å². The van der Waals surface area contributed by atoms with Crippen LogP contribution in [-0.4, -0.2) is 43.8 Å². The average molecular weight is 687 g/mol. The van der Waals surface area contributed by atoms with Crippen molar-refractivity contribution in [2.75, 3.05) is 12.9 Å². The molecule has 2 bridgehead atoms. The number of thioether (sulfide) groups is 1. The van der Waals surface area contributed by atoms with Crippen LogP contribution in [0.4, 0.5) is 0 Å². The van der Waals surface area contributed by atoms with Crippen molar-refractivity contribution in [1.82, 2.24) is 5.06 Å². The molecule has 1 saturated heterocycles. The number of sulfone groups is 1. The van der Waals surface area contributed by atoms with Gasteiger partial charge in [0.05, 0.1) is 34.1 Å². The lowest BCUT2D eigenvalue weighted by Gasteiger charge is -2.24. The minimum absolute atomic E-state index is 0.00687. The number of Topliss-reactive ketones (excluding diaryl/α,β-unsaturated/α-hetero) is 2. The maximum absolute atomic E-state index is 13.4. The lowest BCUT2D eigenvalue weighted by molar-refractivity contribution is -0.165. The summed E-state index contributed by atoms with van der Waals surface area (Å²) < 4.78 is 23.5. The van der Waals surface area contributed by atoms with Crippen molar-refractivity contribution in [3.8, 4) is 0 Å². The van der Waals surface area contributed by atoms with E-state index in [0.29, 0.717) is 18.2 Å². The van der Waals surface area contributed by atoms with Crippen LogP contribution in [0.2, 0.25) is 10.0 Å². The minimum atomic E-state index is -3.44. The van der Waals surface area contributed by atoms with Gasteiger partial charge in [0.1, 0.15) is 0 Å². The third-order valence-corrected chi connectivity index (χ3v) is 11.2. The third-order valence-electron chi connectivity index (χ3n) is 8.14. The number of ketones is 2. The van der Waals surface area contributed by atoms with Gasteiger partial charge in [0.2, 0.25) is 0 Å². The van der Waals surface area contributed by atoms with Crippen LogP contribution in [0.25, 0.3) is 0 Å². The number of nitrogens with zero attached hydrogens (tertiary/aromatic N) is 1. The second-order valence-electron chi connectivity index (χ2n) is 12.1. The molecule has 11 heteroatoms. The first kappa shape index (κ1) is 33.4. The quantitative estimate of drug-likeness (QED) is 0.186. The van der Waals surface area contributed by atoms with E-state index in [4.69, 9.17) is 28.0 Å². The zero-order valence-electron chi connectivity index (χ0n) is 25.1. The number of allylic oxidation sites excluding steroid dienone is 2. The normalized spacial score (nSPS) is 20.7. The number of rotatable bonds is 7. The number of benzene rings is 3. The van der Waals surface area contributed by atoms with Gasteiger partial charge in [-0.05, 0) is 81.0 Å². The van der Waals surface area contributed by atoms with E-state index in [-0.39, 0.29) is 44.6 Å². The smallest absolute Gasteiger partial charge is 0.254 e. The van der Waals surface area contributed by atoms with Gasteiger partial charge < -0.3 is 0 Å². The van der Waals surface area contributed by atoms with E-state index < -0.39 is 21.0 Å². The Morgan fingerprint density at radius 1 is 0.956 bits per heavy atom. The van der Waals surface area contributed by atoms with Crippen LogP contribution in [0, 0.1) is 17.3 Å². The monoisotopic (exact) mass is 685 g/mol. The first-order chi connectivity index (χ1) is 21.3. The fraction of sp³-hybridized carbons (Fsp3) is 0.324. The highest BCUT2D eigenvalue weighted by Crippen LogP contribution is 2.50. The molecular formula is C34H33Cl2NO6S2. The Labute approximate surface area is 277 Å². The predicted octanol–water partition coefficient (Wildman–Crippen LogP) is 7.61. The Bertz CT molecular complexity index is 1790. The summed E-state index contributed by atoms with van der Waals surface area (Å²) in [7, 11) is -3.44. The lowest BCUT2D eigenvalue weighted by Crippen LogP contribution is -2.30. The van der Waals surface area contributed by atoms with Crippen molar-refractivity contribution in [3.05, 3.63) is 104 Å². The number of hydrogen-bond donors (Lipinski definition) is 0. The van der Waals surface area contributed by atoms with Gasteiger partial charge >= 0.3 is 0 Å². The van der Waals surface area contributed by atoms with Crippen LogP contribution in [0.1, 0.15) is 49.0 Å². The van der Waals surface area contributed by atoms with Crippen LogP contribution in [0.15, 0.2) is 93.1 Å². The predicted molar refractivity (Wildman–Crippen MR) is 176 cm³/mol. The van der Waals surface area contributed by atoms with E-state index in [1.54, 1.807) is 0 Å². The van der Waals surface area contributed by atoms with Crippen molar-refractivity contribution in [2.24, 2.45) is 17.3 Å². The van der Waals surface area contributed by atoms with Gasteiger partial charge in [-0.3, -0.25) is 19.2 Å². The fourth-order valence-corrected chi connectivity index (χ4v) is 8.00. The first-order valence-corrected chi connectivity index (χ1v) is 18.0. The molecule has 236 valence electrons. The standard InChI is InChI=1S/C22H19ClO4S2.C12H14ClNO2/c1-29(26,27)16-9-10-17(18(23)12-16)21(25)19-20(24)13-7-8-14(11-13)22(19)28-15-5-3-2-4-6-15;1-12(2)8-16-14(11(12)15)7-9-5-3-4-6-10(9)13/h2-6,9-10,12-14H,7-8,11H2,1H3;3-6H,7-8H2,1-2H3. The van der Waals surface area contributed by atoms with Crippen molar-refractivity contribution in [2.45, 2.75) is 49.4 Å². The van der Waals surface area contributed by atoms with E-state index in [1.807, 2.05) is 68.4 Å². The van der Waals surface area contributed by atoms with Crippen molar-refractivity contribution < 1.29 is 27.6 Å². The number of fused-ring (bicyclic) bond motifs is 2. The summed E-state index contributed by atoms with van der Waals surface area (Å²) >= 11 is 13.8. The molecule has 1 heterocycles. The number of hydrogen-bond acceptors (Lipinski definition) is 7. The summed E-state index contributed by atoms with van der Waals surface area (Å²) in [5, 5.41) is 2.09. The molecule has 45 heavy (non-hydrogen) atoms. The summed E-state index contributed by atoms with van der Waals surface area (Å²) in [4.78, 5) is 45.6. The molecule has 6 rings (SSSR count). The third kappa shape index (κ3) is 7.39. The highest BCUT2D eigenvalue weighted by molar-refractivity contribution is 8.03. The van der Waals surface area contributed by atoms with Gasteiger partial charge in [0.25, 0.3) is 5.91 Å². The molecule has 1 aliphatic heterocycles. The van der Waals surface area contributed by atoms with Crippen LogP contribution < -0.4 is 0 Å². The SMILES string of the molecule is CC1(C)CON(Cc2ccccc2Cl)C1=O.CS(=O)(=O)c1ccc(C(=O)C2=C(Sc3ccccc3)C3CCC(C3)C2=O)c(Cl)c1. The Balaban J connectivity index is 0.000000211. The molecule has 3 aromatic rings. The molecule has 2 atom stereocenters. The number of carbonyl (C=O) groups is 3. The minimum Gasteiger partial charge on any atom is -0.294 e. The van der Waals surface area contributed by atoms with E-state index in [1.165, 1.54) is 35.0 Å². The van der Waals surface area contributed by atoms with E-state index in [0.717, 1.165) is 40.9 Å². The molecule has 3 aromatic carbocycles. The molecule has 3 aliphatic rings. The zero-order chi connectivity index (χ0) is 32.5. The van der Waals surface area contributed by atoms with Crippen molar-refractivity contribution in [3.63, 3.8) is 0 Å². The molecule has 2 fully saturated rings. The summed E-state index contributed by atoms with van der Waals surface area (Å²) in [6.45, 7) is 4.59. The van der Waals surface area contributed by atoms with Gasteiger partial charge in [-0.2, -0.15) is 0 Å². The van der Waals surface area contributed by atoms with Crippen LogP contribution >= 0.6 is 35.0 Å². The zero-order valence-corrected chi connectivity index (χ0v) is 28.2. The Morgan fingerprint density at radius 3 is 2.24 bits per heavy atom. The van der Waals surface area contributed by atoms with Crippen molar-refractivity contribution in [1.29, 1.82) is 0 Å². The molecule has 0 radical (unpaired) electrons. The lowest BCUT2D eigenvalue weighted by atomic mass is 9.84. The van der Waals surface area contributed by atoms with Crippen LogP contribution in [0.5, 0.6) is 0 Å². The topological polar surface area (TPSA) is 97.8 Å². The fourth-order valence-electron chi connectivity index (χ4n) is 5.60. The first-order valence-electron chi connectivity index (χ1n) is 14.5. The highest BCUT2D eigenvalue weighted by atomic mass is 35.5. The second kappa shape index (κ2) is 13.4. The number of halogens is 2. The molecule has 7 nitrogen and oxygen atoms in total. The number of carbonyl (C=O) groups excluding carboxylic acids is 3. The Morgan fingerprint density at radius 2 is 1.62 bits per heavy atom. The molecular weight excluding hydrogens is 653 g/mol. The average Bonchev–Trinajstić information content (AvgIpc) is 3.55. The molecule has 0 N–H and O–H groups in total. The molecule has 0 spiro atoms. The maximum atomic E-state index is 13.4. The van der Waals surface area contributed by atoms with Gasteiger partial charge in [0.15, 0.2) is 21.4 Å². The number of hydroxylamine groups is 2. The molecule has 0 aromatic heterocycles. The van der Waals surface area contributed by atoms with E-state index in [9.17, 15) is 22.8 Å². The van der Waals surface area contributed by atoms with Gasteiger partial charge in [-0.15, -0.1) is 0 Å². The largest absolute Gasteiger partial charge is 0.294 e. The van der Waals surface area contributed by atoms with Crippen LogP contribution in [0.3, 0.4) is 0 Å².